The first-order chi connectivity index (χ1) is 10.1. The van der Waals surface area contributed by atoms with Crippen LogP contribution in [0.5, 0.6) is 11.5 Å². The zero-order valence-electron chi connectivity index (χ0n) is 13.7. The Balaban J connectivity index is 2.72. The van der Waals surface area contributed by atoms with Crippen molar-refractivity contribution in [3.63, 3.8) is 0 Å². The number of para-hydroxylation sites is 2. The molecule has 0 spiro atoms. The van der Waals surface area contributed by atoms with E-state index in [9.17, 15) is 0 Å². The van der Waals surface area contributed by atoms with Crippen LogP contribution >= 0.6 is 0 Å². The Bertz CT molecular complexity index is 386. The van der Waals surface area contributed by atoms with Crippen molar-refractivity contribution in [1.82, 2.24) is 0 Å². The van der Waals surface area contributed by atoms with Crippen LogP contribution in [0.3, 0.4) is 0 Å². The zero-order valence-corrected chi connectivity index (χ0v) is 13.7. The Morgan fingerprint density at radius 1 is 0.905 bits per heavy atom. The molecule has 4 heteroatoms. The molecular weight excluding hydrogens is 268 g/mol. The van der Waals surface area contributed by atoms with E-state index < -0.39 is 5.97 Å². The van der Waals surface area contributed by atoms with Gasteiger partial charge in [-0.3, -0.25) is 0 Å². The minimum absolute atomic E-state index is 0.510. The molecule has 21 heavy (non-hydrogen) atoms. The first-order valence-electron chi connectivity index (χ1n) is 7.84. The largest absolute Gasteiger partial charge is 0.490 e. The van der Waals surface area contributed by atoms with E-state index >= 15 is 0 Å². The number of hydrogen-bond donors (Lipinski definition) is 0. The smallest absolute Gasteiger partial charge is 0.323 e. The maximum Gasteiger partial charge on any atom is 0.323 e. The minimum atomic E-state index is -1.09. The third-order valence-corrected chi connectivity index (χ3v) is 2.96. The Morgan fingerprint density at radius 2 is 1.52 bits per heavy atom. The number of ether oxygens (including phenoxy) is 4. The lowest BCUT2D eigenvalue weighted by Crippen LogP contribution is -2.39. The van der Waals surface area contributed by atoms with Crippen molar-refractivity contribution in [3.05, 3.63) is 24.3 Å². The van der Waals surface area contributed by atoms with Gasteiger partial charge in [-0.25, -0.2) is 0 Å². The summed E-state index contributed by atoms with van der Waals surface area (Å²) in [6.07, 6.45) is 3.38. The summed E-state index contributed by atoms with van der Waals surface area (Å²) in [6.45, 7) is 9.47. The van der Waals surface area contributed by atoms with E-state index in [1.54, 1.807) is 6.92 Å². The number of benzene rings is 1. The van der Waals surface area contributed by atoms with Crippen LogP contribution in [0.25, 0.3) is 0 Å². The Labute approximate surface area is 128 Å². The molecule has 4 nitrogen and oxygen atoms in total. The lowest BCUT2D eigenvalue weighted by Gasteiger charge is -2.29. The fraction of sp³-hybridized carbons (Fsp3) is 0.647. The van der Waals surface area contributed by atoms with Crippen LogP contribution in [-0.2, 0) is 9.47 Å². The average molecular weight is 296 g/mol. The molecule has 0 aliphatic carbocycles. The van der Waals surface area contributed by atoms with Gasteiger partial charge in [-0.15, -0.1) is 0 Å². The summed E-state index contributed by atoms with van der Waals surface area (Å²) in [5.74, 6) is 0.268. The summed E-state index contributed by atoms with van der Waals surface area (Å²) in [6, 6.07) is 7.61. The lowest BCUT2D eigenvalue weighted by molar-refractivity contribution is -0.329. The van der Waals surface area contributed by atoms with Gasteiger partial charge in [0.15, 0.2) is 11.5 Å². The Kier molecular flexibility index (Phi) is 8.16. The molecule has 1 aromatic carbocycles. The van der Waals surface area contributed by atoms with E-state index in [4.69, 9.17) is 18.9 Å². The minimum Gasteiger partial charge on any atom is -0.490 e. The molecule has 1 aromatic rings. The normalized spacial score (nSPS) is 11.4. The second-order valence-electron chi connectivity index (χ2n) is 4.83. The summed E-state index contributed by atoms with van der Waals surface area (Å²) >= 11 is 0. The SMILES string of the molecule is CCCCCOc1ccccc1OC(C)(OCC)OCC. The van der Waals surface area contributed by atoms with Crippen LogP contribution in [-0.4, -0.2) is 25.8 Å². The van der Waals surface area contributed by atoms with Crippen molar-refractivity contribution in [2.24, 2.45) is 0 Å². The molecule has 120 valence electrons. The number of rotatable bonds is 11. The third-order valence-electron chi connectivity index (χ3n) is 2.96. The molecule has 0 aliphatic rings. The fourth-order valence-corrected chi connectivity index (χ4v) is 2.01. The quantitative estimate of drug-likeness (QED) is 0.448. The topological polar surface area (TPSA) is 36.9 Å². The van der Waals surface area contributed by atoms with Crippen LogP contribution in [0.1, 0.15) is 47.0 Å². The monoisotopic (exact) mass is 296 g/mol. The maximum absolute atomic E-state index is 5.90. The van der Waals surface area contributed by atoms with Crippen molar-refractivity contribution in [2.75, 3.05) is 19.8 Å². The predicted molar refractivity (Wildman–Crippen MR) is 83.7 cm³/mol. The molecule has 0 saturated carbocycles. The van der Waals surface area contributed by atoms with Gasteiger partial charge >= 0.3 is 5.97 Å². The van der Waals surface area contributed by atoms with E-state index in [0.29, 0.717) is 25.6 Å². The molecule has 0 atom stereocenters. The van der Waals surface area contributed by atoms with Gasteiger partial charge < -0.3 is 18.9 Å². The van der Waals surface area contributed by atoms with Gasteiger partial charge in [-0.2, -0.15) is 0 Å². The molecular formula is C17H28O4. The summed E-state index contributed by atoms with van der Waals surface area (Å²) in [4.78, 5) is 0. The Morgan fingerprint density at radius 3 is 2.10 bits per heavy atom. The van der Waals surface area contributed by atoms with Gasteiger partial charge in [0.1, 0.15) is 0 Å². The Hall–Kier alpha value is -1.26. The van der Waals surface area contributed by atoms with Crippen molar-refractivity contribution in [2.45, 2.75) is 52.9 Å². The summed E-state index contributed by atoms with van der Waals surface area (Å²) in [7, 11) is 0. The average Bonchev–Trinajstić information content (AvgIpc) is 2.45. The van der Waals surface area contributed by atoms with Crippen LogP contribution < -0.4 is 9.47 Å². The third kappa shape index (κ3) is 6.36. The highest BCUT2D eigenvalue weighted by Gasteiger charge is 2.28. The van der Waals surface area contributed by atoms with Gasteiger partial charge in [0.05, 0.1) is 19.8 Å². The molecule has 0 saturated heterocycles. The fourth-order valence-electron chi connectivity index (χ4n) is 2.01. The molecule has 0 unspecified atom stereocenters. The van der Waals surface area contributed by atoms with Crippen LogP contribution in [0, 0.1) is 0 Å². The van der Waals surface area contributed by atoms with Gasteiger partial charge in [-0.1, -0.05) is 31.9 Å². The highest BCUT2D eigenvalue weighted by Crippen LogP contribution is 2.31. The van der Waals surface area contributed by atoms with Crippen molar-refractivity contribution >= 4 is 0 Å². The molecule has 0 aliphatic heterocycles. The molecule has 0 radical (unpaired) electrons. The first kappa shape index (κ1) is 17.8. The van der Waals surface area contributed by atoms with E-state index in [1.165, 1.54) is 12.8 Å². The van der Waals surface area contributed by atoms with E-state index in [0.717, 1.165) is 12.2 Å². The van der Waals surface area contributed by atoms with Crippen LogP contribution in [0.2, 0.25) is 0 Å². The zero-order chi connectivity index (χ0) is 15.6. The second kappa shape index (κ2) is 9.64. The van der Waals surface area contributed by atoms with Gasteiger partial charge in [0, 0.05) is 6.92 Å². The standard InChI is InChI=1S/C17H28O4/c1-5-8-11-14-18-15-12-9-10-13-16(15)21-17(4,19-6-2)20-7-3/h9-10,12-13H,5-8,11,14H2,1-4H3. The molecule has 0 amide bonds. The first-order valence-corrected chi connectivity index (χ1v) is 7.84. The lowest BCUT2D eigenvalue weighted by atomic mass is 10.2. The van der Waals surface area contributed by atoms with E-state index in [1.807, 2.05) is 38.1 Å². The number of hydrogen-bond acceptors (Lipinski definition) is 4. The van der Waals surface area contributed by atoms with E-state index in [2.05, 4.69) is 6.92 Å². The molecule has 1 rings (SSSR count). The maximum atomic E-state index is 5.90. The molecule has 0 bridgehead atoms. The highest BCUT2D eigenvalue weighted by atomic mass is 16.9. The van der Waals surface area contributed by atoms with Gasteiger partial charge in [0.2, 0.25) is 0 Å². The molecule has 0 aromatic heterocycles. The van der Waals surface area contributed by atoms with Gasteiger partial charge in [0.25, 0.3) is 0 Å². The van der Waals surface area contributed by atoms with Crippen molar-refractivity contribution in [3.8, 4) is 11.5 Å². The number of unbranched alkanes of at least 4 members (excludes halogenated alkanes) is 2. The summed E-state index contributed by atoms with van der Waals surface area (Å²) in [5, 5.41) is 0. The molecule has 0 fully saturated rings. The molecule has 0 N–H and O–H groups in total. The summed E-state index contributed by atoms with van der Waals surface area (Å²) < 4.78 is 22.9. The highest BCUT2D eigenvalue weighted by molar-refractivity contribution is 5.39. The summed E-state index contributed by atoms with van der Waals surface area (Å²) in [5.41, 5.74) is 0. The predicted octanol–water partition coefficient (Wildman–Crippen LogP) is 4.38. The molecule has 0 heterocycles. The van der Waals surface area contributed by atoms with Gasteiger partial charge in [-0.05, 0) is 32.4 Å². The van der Waals surface area contributed by atoms with Crippen LogP contribution in [0.15, 0.2) is 24.3 Å². The van der Waals surface area contributed by atoms with Crippen LogP contribution in [0.4, 0.5) is 0 Å². The second-order valence-corrected chi connectivity index (χ2v) is 4.83. The van der Waals surface area contributed by atoms with Crippen molar-refractivity contribution < 1.29 is 18.9 Å². The van der Waals surface area contributed by atoms with E-state index in [-0.39, 0.29) is 0 Å². The van der Waals surface area contributed by atoms with Crippen molar-refractivity contribution in [1.29, 1.82) is 0 Å².